The molecule has 1 aromatic heterocycles. The molecule has 30 heavy (non-hydrogen) atoms. The van der Waals surface area contributed by atoms with E-state index < -0.39 is 0 Å². The number of carbonyl (C=O) groups is 2. The maximum Gasteiger partial charge on any atom is 0.321 e. The molecule has 0 bridgehead atoms. The molecule has 1 aliphatic heterocycles. The van der Waals surface area contributed by atoms with Crippen molar-refractivity contribution in [3.05, 3.63) is 78.4 Å². The van der Waals surface area contributed by atoms with E-state index >= 15 is 0 Å². The van der Waals surface area contributed by atoms with Crippen molar-refractivity contribution in [2.45, 2.75) is 0 Å². The molecule has 1 fully saturated rings. The Hall–Kier alpha value is -3.71. The van der Waals surface area contributed by atoms with E-state index in [0.717, 1.165) is 26.5 Å². The summed E-state index contributed by atoms with van der Waals surface area (Å²) >= 11 is 1.63. The van der Waals surface area contributed by atoms with Gasteiger partial charge in [0.2, 0.25) is 0 Å². The van der Waals surface area contributed by atoms with Gasteiger partial charge in [0.15, 0.2) is 0 Å². The predicted octanol–water partition coefficient (Wildman–Crippen LogP) is 4.75. The van der Waals surface area contributed by atoms with Crippen molar-refractivity contribution in [1.29, 1.82) is 0 Å². The summed E-state index contributed by atoms with van der Waals surface area (Å²) in [4.78, 5) is 30.8. The standard InChI is InChI=1S/C23H18N4O2S/c28-21(15-8-10-18(11-9-15)27-13-12-24-23(27)29)25-17-5-3-4-16(14-17)22-26-19-6-1-2-7-20(19)30-22/h1-11,14H,12-13H2,(H,24,29)(H,25,28). The van der Waals surface area contributed by atoms with E-state index in [-0.39, 0.29) is 11.9 Å². The fourth-order valence-corrected chi connectivity index (χ4v) is 4.40. The van der Waals surface area contributed by atoms with Crippen molar-refractivity contribution >= 4 is 44.9 Å². The van der Waals surface area contributed by atoms with Gasteiger partial charge >= 0.3 is 6.03 Å². The molecular weight excluding hydrogens is 396 g/mol. The molecular formula is C23H18N4O2S. The van der Waals surface area contributed by atoms with Gasteiger partial charge in [-0.25, -0.2) is 9.78 Å². The van der Waals surface area contributed by atoms with Crippen LogP contribution in [0.15, 0.2) is 72.8 Å². The second-order valence-corrected chi connectivity index (χ2v) is 7.98. The summed E-state index contributed by atoms with van der Waals surface area (Å²) in [6, 6.07) is 22.6. The Bertz CT molecular complexity index is 1220. The van der Waals surface area contributed by atoms with E-state index in [4.69, 9.17) is 0 Å². The van der Waals surface area contributed by atoms with E-state index in [1.165, 1.54) is 0 Å². The zero-order valence-corrected chi connectivity index (χ0v) is 16.8. The summed E-state index contributed by atoms with van der Waals surface area (Å²) in [6.45, 7) is 1.26. The third-order valence-corrected chi connectivity index (χ3v) is 6.04. The van der Waals surface area contributed by atoms with Crippen LogP contribution in [0, 0.1) is 0 Å². The monoisotopic (exact) mass is 414 g/mol. The first kappa shape index (κ1) is 18.3. The summed E-state index contributed by atoms with van der Waals surface area (Å²) in [5.41, 5.74) is 3.95. The minimum absolute atomic E-state index is 0.112. The van der Waals surface area contributed by atoms with Gasteiger partial charge in [-0.15, -0.1) is 11.3 Å². The van der Waals surface area contributed by atoms with Gasteiger partial charge in [0.25, 0.3) is 5.91 Å². The van der Waals surface area contributed by atoms with Gasteiger partial charge in [-0.3, -0.25) is 9.69 Å². The van der Waals surface area contributed by atoms with Gasteiger partial charge in [-0.05, 0) is 48.5 Å². The van der Waals surface area contributed by atoms with Gasteiger partial charge in [0.05, 0.1) is 10.2 Å². The molecule has 7 heteroatoms. The maximum absolute atomic E-state index is 12.7. The first-order valence-electron chi connectivity index (χ1n) is 9.60. The van der Waals surface area contributed by atoms with Crippen molar-refractivity contribution in [1.82, 2.24) is 10.3 Å². The molecule has 148 valence electrons. The number of amides is 3. The number of hydrogen-bond acceptors (Lipinski definition) is 4. The molecule has 3 aromatic carbocycles. The van der Waals surface area contributed by atoms with Crippen molar-refractivity contribution in [3.8, 4) is 10.6 Å². The zero-order chi connectivity index (χ0) is 20.5. The number of nitrogens with zero attached hydrogens (tertiary/aromatic N) is 2. The van der Waals surface area contributed by atoms with Gasteiger partial charge in [-0.1, -0.05) is 24.3 Å². The summed E-state index contributed by atoms with van der Waals surface area (Å²) in [7, 11) is 0. The van der Waals surface area contributed by atoms with Crippen LogP contribution in [0.3, 0.4) is 0 Å². The SMILES string of the molecule is O=C(Nc1cccc(-c2nc3ccccc3s2)c1)c1ccc(N2CCNC2=O)cc1. The highest BCUT2D eigenvalue weighted by molar-refractivity contribution is 7.21. The molecule has 5 rings (SSSR count). The first-order chi connectivity index (χ1) is 14.7. The number of benzene rings is 3. The molecule has 2 heterocycles. The average molecular weight is 414 g/mol. The normalized spacial score (nSPS) is 13.5. The summed E-state index contributed by atoms with van der Waals surface area (Å²) in [6.07, 6.45) is 0. The Labute approximate surface area is 177 Å². The van der Waals surface area contributed by atoms with Crippen LogP contribution in [0.4, 0.5) is 16.2 Å². The summed E-state index contributed by atoms with van der Waals surface area (Å²) in [5, 5.41) is 6.63. The minimum Gasteiger partial charge on any atom is -0.336 e. The van der Waals surface area contributed by atoms with Crippen molar-refractivity contribution in [3.63, 3.8) is 0 Å². The Morgan fingerprint density at radius 3 is 2.63 bits per heavy atom. The Kier molecular flexibility index (Phi) is 4.65. The Morgan fingerprint density at radius 1 is 1.03 bits per heavy atom. The molecule has 1 saturated heterocycles. The maximum atomic E-state index is 12.7. The smallest absolute Gasteiger partial charge is 0.321 e. The summed E-state index contributed by atoms with van der Waals surface area (Å²) < 4.78 is 1.13. The largest absolute Gasteiger partial charge is 0.336 e. The summed E-state index contributed by atoms with van der Waals surface area (Å²) in [5.74, 6) is -0.200. The number of aromatic nitrogens is 1. The first-order valence-corrected chi connectivity index (χ1v) is 10.4. The molecule has 2 N–H and O–H groups in total. The van der Waals surface area contributed by atoms with Crippen LogP contribution in [-0.4, -0.2) is 30.0 Å². The number of hydrogen-bond donors (Lipinski definition) is 2. The number of carbonyl (C=O) groups excluding carboxylic acids is 2. The lowest BCUT2D eigenvalue weighted by Gasteiger charge is -2.14. The van der Waals surface area contributed by atoms with Crippen molar-refractivity contribution < 1.29 is 9.59 Å². The Morgan fingerprint density at radius 2 is 1.87 bits per heavy atom. The van der Waals surface area contributed by atoms with Crippen LogP contribution < -0.4 is 15.5 Å². The number of fused-ring (bicyclic) bond motifs is 1. The number of anilines is 2. The predicted molar refractivity (Wildman–Crippen MR) is 120 cm³/mol. The molecule has 3 amide bonds. The van der Waals surface area contributed by atoms with Crippen LogP contribution in [0.2, 0.25) is 0 Å². The highest BCUT2D eigenvalue weighted by Crippen LogP contribution is 2.31. The van der Waals surface area contributed by atoms with Crippen LogP contribution in [0.25, 0.3) is 20.8 Å². The highest BCUT2D eigenvalue weighted by Gasteiger charge is 2.21. The molecule has 0 saturated carbocycles. The van der Waals surface area contributed by atoms with Gasteiger partial charge in [0.1, 0.15) is 5.01 Å². The zero-order valence-electron chi connectivity index (χ0n) is 16.0. The quantitative estimate of drug-likeness (QED) is 0.506. The number of nitrogens with one attached hydrogen (secondary N) is 2. The fourth-order valence-electron chi connectivity index (χ4n) is 3.44. The molecule has 0 unspecified atom stereocenters. The van der Waals surface area contributed by atoms with Gasteiger partial charge in [-0.2, -0.15) is 0 Å². The third-order valence-electron chi connectivity index (χ3n) is 4.96. The van der Waals surface area contributed by atoms with E-state index in [1.54, 1.807) is 40.5 Å². The topological polar surface area (TPSA) is 74.3 Å². The fraction of sp³-hybridized carbons (Fsp3) is 0.0870. The molecule has 0 spiro atoms. The second kappa shape index (κ2) is 7.61. The van der Waals surface area contributed by atoms with Gasteiger partial charge in [0, 0.05) is 35.6 Å². The van der Waals surface area contributed by atoms with Crippen molar-refractivity contribution in [2.24, 2.45) is 0 Å². The van der Waals surface area contributed by atoms with E-state index in [2.05, 4.69) is 21.7 Å². The molecule has 0 radical (unpaired) electrons. The van der Waals surface area contributed by atoms with E-state index in [0.29, 0.717) is 24.3 Å². The van der Waals surface area contributed by atoms with Crippen molar-refractivity contribution in [2.75, 3.05) is 23.3 Å². The molecule has 4 aromatic rings. The molecule has 6 nitrogen and oxygen atoms in total. The number of urea groups is 1. The molecule has 1 aliphatic rings. The van der Waals surface area contributed by atoms with E-state index in [1.807, 2.05) is 42.5 Å². The number of para-hydroxylation sites is 1. The minimum atomic E-state index is -0.200. The lowest BCUT2D eigenvalue weighted by Crippen LogP contribution is -2.27. The third kappa shape index (κ3) is 3.51. The van der Waals surface area contributed by atoms with Crippen LogP contribution in [0.5, 0.6) is 0 Å². The second-order valence-electron chi connectivity index (χ2n) is 6.95. The highest BCUT2D eigenvalue weighted by atomic mass is 32.1. The number of rotatable bonds is 4. The number of thiazole rings is 1. The average Bonchev–Trinajstić information content (AvgIpc) is 3.40. The van der Waals surface area contributed by atoms with Crippen LogP contribution in [-0.2, 0) is 0 Å². The van der Waals surface area contributed by atoms with Gasteiger partial charge < -0.3 is 10.6 Å². The Balaban J connectivity index is 1.33. The molecule has 0 atom stereocenters. The van der Waals surface area contributed by atoms with E-state index in [9.17, 15) is 9.59 Å². The molecule has 0 aliphatic carbocycles. The van der Waals surface area contributed by atoms with Crippen LogP contribution >= 0.6 is 11.3 Å². The van der Waals surface area contributed by atoms with Crippen LogP contribution in [0.1, 0.15) is 10.4 Å². The lowest BCUT2D eigenvalue weighted by molar-refractivity contribution is 0.102. The lowest BCUT2D eigenvalue weighted by atomic mass is 10.1.